The van der Waals surface area contributed by atoms with E-state index < -0.39 is 23.1 Å². The maximum absolute atomic E-state index is 13.0. The molecule has 0 bridgehead atoms. The van der Waals surface area contributed by atoms with Crippen LogP contribution in [0.4, 0.5) is 18.9 Å². The number of halogens is 3. The van der Waals surface area contributed by atoms with Crippen LogP contribution in [0.15, 0.2) is 71.3 Å². The summed E-state index contributed by atoms with van der Waals surface area (Å²) < 4.78 is 44.0. The Morgan fingerprint density at radius 1 is 0.903 bits per heavy atom. The van der Waals surface area contributed by atoms with E-state index in [0.717, 1.165) is 12.1 Å². The maximum atomic E-state index is 13.0. The van der Waals surface area contributed by atoms with Crippen LogP contribution in [-0.2, 0) is 11.6 Å². The lowest BCUT2D eigenvalue weighted by atomic mass is 9.83. The third kappa shape index (κ3) is 5.53. The average Bonchev–Trinajstić information content (AvgIpc) is 3.27. The van der Waals surface area contributed by atoms with Gasteiger partial charge in [0, 0.05) is 23.2 Å². The fraction of sp³-hybridized carbons (Fsp3) is 0.217. The molecular weight excluding hydrogens is 409 g/mol. The number of alkyl halides is 3. The highest BCUT2D eigenvalue weighted by molar-refractivity contribution is 6.02. The molecule has 0 saturated heterocycles. The van der Waals surface area contributed by atoms with E-state index in [0.29, 0.717) is 16.8 Å². The predicted octanol–water partition coefficient (Wildman–Crippen LogP) is 5.26. The quantitative estimate of drug-likeness (QED) is 0.561. The van der Waals surface area contributed by atoms with Crippen molar-refractivity contribution in [2.45, 2.75) is 25.4 Å². The van der Waals surface area contributed by atoms with Gasteiger partial charge in [-0.25, -0.2) is 0 Å². The number of nitrogens with one attached hydrogen (secondary N) is 2. The van der Waals surface area contributed by atoms with Crippen LogP contribution >= 0.6 is 0 Å². The summed E-state index contributed by atoms with van der Waals surface area (Å²) in [6.07, 6.45) is -3.04. The summed E-state index contributed by atoms with van der Waals surface area (Å²) >= 11 is 0. The molecule has 31 heavy (non-hydrogen) atoms. The van der Waals surface area contributed by atoms with Crippen molar-refractivity contribution >= 4 is 17.5 Å². The number of hydrogen-bond donors (Lipinski definition) is 2. The number of carbonyl (C=O) groups excluding carboxylic acids is 2. The highest BCUT2D eigenvalue weighted by Crippen LogP contribution is 2.32. The van der Waals surface area contributed by atoms with Crippen LogP contribution in [0.3, 0.4) is 0 Å². The number of anilines is 1. The van der Waals surface area contributed by atoms with E-state index >= 15 is 0 Å². The van der Waals surface area contributed by atoms with E-state index in [1.165, 1.54) is 18.4 Å². The molecule has 8 heteroatoms. The molecule has 2 amide bonds. The minimum atomic E-state index is -4.43. The zero-order valence-electron chi connectivity index (χ0n) is 16.9. The van der Waals surface area contributed by atoms with Crippen LogP contribution in [0, 0.1) is 0 Å². The zero-order chi connectivity index (χ0) is 22.6. The van der Waals surface area contributed by atoms with Crippen LogP contribution in [0.2, 0.25) is 0 Å². The molecule has 1 aromatic heterocycles. The standard InChI is InChI=1S/C23H21F3N2O3/c1-22(2,16-5-3-6-17(13-16)23(24,25)26)14-27-20(29)15-8-10-18(11-9-15)28-21(30)19-7-4-12-31-19/h3-13H,14H2,1-2H3,(H,27,29)(H,28,30). The summed E-state index contributed by atoms with van der Waals surface area (Å²) in [6, 6.07) is 14.5. The first kappa shape index (κ1) is 22.1. The minimum Gasteiger partial charge on any atom is -0.459 e. The Hall–Kier alpha value is -3.55. The van der Waals surface area contributed by atoms with Gasteiger partial charge in [0.05, 0.1) is 11.8 Å². The fourth-order valence-corrected chi connectivity index (χ4v) is 2.93. The molecule has 0 saturated carbocycles. The second-order valence-electron chi connectivity index (χ2n) is 7.65. The molecule has 0 aliphatic carbocycles. The maximum Gasteiger partial charge on any atom is 0.416 e. The summed E-state index contributed by atoms with van der Waals surface area (Å²) in [4.78, 5) is 24.4. The summed E-state index contributed by atoms with van der Waals surface area (Å²) in [5.74, 6) is -0.618. The Bertz CT molecular complexity index is 1060. The molecule has 3 aromatic rings. The molecule has 2 aromatic carbocycles. The van der Waals surface area contributed by atoms with Crippen molar-refractivity contribution in [3.8, 4) is 0 Å². The minimum absolute atomic E-state index is 0.143. The first-order valence-electron chi connectivity index (χ1n) is 9.47. The van der Waals surface area contributed by atoms with E-state index in [2.05, 4.69) is 10.6 Å². The highest BCUT2D eigenvalue weighted by atomic mass is 19.4. The molecule has 0 spiro atoms. The zero-order valence-corrected chi connectivity index (χ0v) is 16.9. The van der Waals surface area contributed by atoms with Gasteiger partial charge in [-0.2, -0.15) is 13.2 Å². The smallest absolute Gasteiger partial charge is 0.416 e. The van der Waals surface area contributed by atoms with Gasteiger partial charge in [-0.1, -0.05) is 32.0 Å². The molecule has 3 rings (SSSR count). The van der Waals surface area contributed by atoms with Gasteiger partial charge in [0.1, 0.15) is 0 Å². The van der Waals surface area contributed by atoms with E-state index in [9.17, 15) is 22.8 Å². The SMILES string of the molecule is CC(C)(CNC(=O)c1ccc(NC(=O)c2ccco2)cc1)c1cccc(C(F)(F)F)c1. The van der Waals surface area contributed by atoms with Crippen LogP contribution < -0.4 is 10.6 Å². The molecule has 0 aliphatic heterocycles. The van der Waals surface area contributed by atoms with Gasteiger partial charge in [-0.05, 0) is 48.0 Å². The molecule has 0 unspecified atom stereocenters. The summed E-state index contributed by atoms with van der Waals surface area (Å²) in [6.45, 7) is 3.66. The van der Waals surface area contributed by atoms with Crippen molar-refractivity contribution in [2.24, 2.45) is 0 Å². The van der Waals surface area contributed by atoms with Crippen molar-refractivity contribution < 1.29 is 27.2 Å². The van der Waals surface area contributed by atoms with Crippen molar-refractivity contribution in [3.05, 3.63) is 89.4 Å². The number of carbonyl (C=O) groups is 2. The molecule has 2 N–H and O–H groups in total. The van der Waals surface area contributed by atoms with Gasteiger partial charge < -0.3 is 15.1 Å². The first-order chi connectivity index (χ1) is 14.6. The van der Waals surface area contributed by atoms with Gasteiger partial charge >= 0.3 is 6.18 Å². The summed E-state index contributed by atoms with van der Waals surface area (Å²) in [5, 5.41) is 5.41. The molecule has 0 atom stereocenters. The normalized spacial score (nSPS) is 11.8. The number of amides is 2. The second-order valence-corrected chi connectivity index (χ2v) is 7.65. The number of hydrogen-bond acceptors (Lipinski definition) is 3. The molecule has 0 fully saturated rings. The lowest BCUT2D eigenvalue weighted by Crippen LogP contribution is -2.36. The second kappa shape index (κ2) is 8.67. The predicted molar refractivity (Wildman–Crippen MR) is 110 cm³/mol. The van der Waals surface area contributed by atoms with E-state index in [1.807, 2.05) is 0 Å². The van der Waals surface area contributed by atoms with Crippen molar-refractivity contribution in [1.82, 2.24) is 5.32 Å². The summed E-state index contributed by atoms with van der Waals surface area (Å²) in [5.41, 5.74) is -0.123. The van der Waals surface area contributed by atoms with Crippen LogP contribution in [-0.4, -0.2) is 18.4 Å². The van der Waals surface area contributed by atoms with Crippen LogP contribution in [0.1, 0.15) is 45.9 Å². The lowest BCUT2D eigenvalue weighted by molar-refractivity contribution is -0.137. The Morgan fingerprint density at radius 3 is 2.19 bits per heavy atom. The molecule has 0 radical (unpaired) electrons. The van der Waals surface area contributed by atoms with Gasteiger partial charge in [-0.3, -0.25) is 9.59 Å². The van der Waals surface area contributed by atoms with Crippen molar-refractivity contribution in [2.75, 3.05) is 11.9 Å². The molecule has 0 aliphatic rings. The molecule has 162 valence electrons. The van der Waals surface area contributed by atoms with E-state index in [4.69, 9.17) is 4.42 Å². The Morgan fingerprint density at radius 2 is 1.58 bits per heavy atom. The van der Waals surface area contributed by atoms with Gasteiger partial charge in [-0.15, -0.1) is 0 Å². The van der Waals surface area contributed by atoms with E-state index in [1.54, 1.807) is 50.2 Å². The van der Waals surface area contributed by atoms with Gasteiger partial charge in [0.15, 0.2) is 5.76 Å². The Kier molecular flexibility index (Phi) is 6.19. The first-order valence-corrected chi connectivity index (χ1v) is 9.47. The lowest BCUT2D eigenvalue weighted by Gasteiger charge is -2.26. The van der Waals surface area contributed by atoms with Gasteiger partial charge in [0.25, 0.3) is 11.8 Å². The molecule has 1 heterocycles. The highest BCUT2D eigenvalue weighted by Gasteiger charge is 2.32. The Labute approximate surface area is 177 Å². The summed E-state index contributed by atoms with van der Waals surface area (Å²) in [7, 11) is 0. The largest absolute Gasteiger partial charge is 0.459 e. The van der Waals surface area contributed by atoms with Crippen LogP contribution in [0.5, 0.6) is 0 Å². The number of benzene rings is 2. The average molecular weight is 430 g/mol. The molecule has 5 nitrogen and oxygen atoms in total. The van der Waals surface area contributed by atoms with E-state index in [-0.39, 0.29) is 18.2 Å². The number of rotatable bonds is 6. The Balaban J connectivity index is 1.61. The van der Waals surface area contributed by atoms with Crippen LogP contribution in [0.25, 0.3) is 0 Å². The third-order valence-electron chi connectivity index (χ3n) is 4.81. The molecular formula is C23H21F3N2O3. The topological polar surface area (TPSA) is 71.3 Å². The third-order valence-corrected chi connectivity index (χ3v) is 4.81. The monoisotopic (exact) mass is 430 g/mol. The fourth-order valence-electron chi connectivity index (χ4n) is 2.93. The number of furan rings is 1. The van der Waals surface area contributed by atoms with Gasteiger partial charge in [0.2, 0.25) is 0 Å². The van der Waals surface area contributed by atoms with Crippen molar-refractivity contribution in [1.29, 1.82) is 0 Å². The van der Waals surface area contributed by atoms with Crippen molar-refractivity contribution in [3.63, 3.8) is 0 Å².